The predicted octanol–water partition coefficient (Wildman–Crippen LogP) is 0.476. The van der Waals surface area contributed by atoms with E-state index in [1.807, 2.05) is 13.8 Å². The first-order valence-corrected chi connectivity index (χ1v) is 4.59. The minimum atomic E-state index is -0.749. The van der Waals surface area contributed by atoms with Gasteiger partial charge < -0.3 is 15.2 Å². The van der Waals surface area contributed by atoms with Crippen molar-refractivity contribution in [1.29, 1.82) is 0 Å². The third-order valence-electron chi connectivity index (χ3n) is 2.75. The SMILES string of the molecule is CC(CC(=O)O)C1(C)COCCN1. The highest BCUT2D eigenvalue weighted by atomic mass is 16.5. The van der Waals surface area contributed by atoms with Crippen LogP contribution in [0.3, 0.4) is 0 Å². The van der Waals surface area contributed by atoms with E-state index in [0.29, 0.717) is 6.61 Å². The normalized spacial score (nSPS) is 31.2. The minimum Gasteiger partial charge on any atom is -0.481 e. The summed E-state index contributed by atoms with van der Waals surface area (Å²) >= 11 is 0. The first kappa shape index (κ1) is 10.5. The van der Waals surface area contributed by atoms with Crippen LogP contribution >= 0.6 is 0 Å². The summed E-state index contributed by atoms with van der Waals surface area (Å²) in [6.45, 7) is 6.08. The van der Waals surface area contributed by atoms with E-state index in [1.165, 1.54) is 0 Å². The summed E-state index contributed by atoms with van der Waals surface area (Å²) in [6, 6.07) is 0. The fourth-order valence-corrected chi connectivity index (χ4v) is 1.55. The molecule has 0 aromatic carbocycles. The average Bonchev–Trinajstić information content (AvgIpc) is 2.04. The van der Waals surface area contributed by atoms with Crippen LogP contribution in [0.15, 0.2) is 0 Å². The number of carbonyl (C=O) groups is 1. The van der Waals surface area contributed by atoms with E-state index < -0.39 is 5.97 Å². The van der Waals surface area contributed by atoms with Crippen LogP contribution in [-0.2, 0) is 9.53 Å². The highest BCUT2D eigenvalue weighted by Crippen LogP contribution is 2.22. The molecule has 1 heterocycles. The molecule has 1 rings (SSSR count). The van der Waals surface area contributed by atoms with E-state index >= 15 is 0 Å². The standard InChI is InChI=1S/C9H17NO3/c1-7(5-8(11)12)9(2)6-13-4-3-10-9/h7,10H,3-6H2,1-2H3,(H,11,12). The number of carboxylic acid groups (broad SMARTS) is 1. The van der Waals surface area contributed by atoms with Crippen LogP contribution in [0.25, 0.3) is 0 Å². The molecule has 0 saturated carbocycles. The van der Waals surface area contributed by atoms with Crippen molar-refractivity contribution in [3.05, 3.63) is 0 Å². The van der Waals surface area contributed by atoms with Crippen LogP contribution in [0.4, 0.5) is 0 Å². The lowest BCUT2D eigenvalue weighted by Gasteiger charge is -2.39. The lowest BCUT2D eigenvalue weighted by atomic mass is 9.84. The molecule has 1 aliphatic heterocycles. The van der Waals surface area contributed by atoms with Gasteiger partial charge in [0.25, 0.3) is 0 Å². The summed E-state index contributed by atoms with van der Waals surface area (Å²) < 4.78 is 5.33. The number of hydrogen-bond acceptors (Lipinski definition) is 3. The maximum absolute atomic E-state index is 10.5. The van der Waals surface area contributed by atoms with Crippen molar-refractivity contribution in [1.82, 2.24) is 5.32 Å². The smallest absolute Gasteiger partial charge is 0.303 e. The minimum absolute atomic E-state index is 0.0882. The van der Waals surface area contributed by atoms with Crippen LogP contribution in [0, 0.1) is 5.92 Å². The molecule has 0 amide bonds. The number of ether oxygens (including phenoxy) is 1. The molecule has 1 saturated heterocycles. The summed E-state index contributed by atoms with van der Waals surface area (Å²) in [6.07, 6.45) is 0.187. The molecule has 2 atom stereocenters. The van der Waals surface area contributed by atoms with Crippen molar-refractivity contribution >= 4 is 5.97 Å². The molecule has 13 heavy (non-hydrogen) atoms. The van der Waals surface area contributed by atoms with Gasteiger partial charge in [0, 0.05) is 18.5 Å². The molecule has 4 heteroatoms. The average molecular weight is 187 g/mol. The number of hydrogen-bond donors (Lipinski definition) is 2. The quantitative estimate of drug-likeness (QED) is 0.674. The molecule has 1 fully saturated rings. The van der Waals surface area contributed by atoms with Gasteiger partial charge in [-0.25, -0.2) is 0 Å². The van der Waals surface area contributed by atoms with E-state index in [2.05, 4.69) is 5.32 Å². The molecule has 2 N–H and O–H groups in total. The van der Waals surface area contributed by atoms with Gasteiger partial charge in [0.1, 0.15) is 0 Å². The molecule has 0 aromatic heterocycles. The Labute approximate surface area is 78.3 Å². The Balaban J connectivity index is 2.51. The molecular formula is C9H17NO3. The zero-order chi connectivity index (χ0) is 9.90. The topological polar surface area (TPSA) is 58.6 Å². The number of rotatable bonds is 3. The van der Waals surface area contributed by atoms with Gasteiger partial charge in [0.2, 0.25) is 0 Å². The Morgan fingerprint density at radius 3 is 2.92 bits per heavy atom. The van der Waals surface area contributed by atoms with Crippen LogP contribution in [0.5, 0.6) is 0 Å². The molecule has 1 aliphatic rings. The van der Waals surface area contributed by atoms with E-state index in [-0.39, 0.29) is 17.9 Å². The van der Waals surface area contributed by atoms with Gasteiger partial charge in [-0.2, -0.15) is 0 Å². The van der Waals surface area contributed by atoms with Gasteiger partial charge in [-0.3, -0.25) is 4.79 Å². The fourth-order valence-electron chi connectivity index (χ4n) is 1.55. The molecule has 4 nitrogen and oxygen atoms in total. The van der Waals surface area contributed by atoms with Crippen LogP contribution in [-0.4, -0.2) is 36.4 Å². The number of morpholine rings is 1. The highest BCUT2D eigenvalue weighted by molar-refractivity contribution is 5.67. The second-order valence-electron chi connectivity index (χ2n) is 3.90. The molecule has 76 valence electrons. The van der Waals surface area contributed by atoms with Crippen LogP contribution in [0.2, 0.25) is 0 Å². The zero-order valence-corrected chi connectivity index (χ0v) is 8.17. The van der Waals surface area contributed by atoms with Gasteiger partial charge in [0.15, 0.2) is 0 Å². The zero-order valence-electron chi connectivity index (χ0n) is 8.17. The van der Waals surface area contributed by atoms with Crippen molar-refractivity contribution in [2.24, 2.45) is 5.92 Å². The second-order valence-corrected chi connectivity index (χ2v) is 3.90. The monoisotopic (exact) mass is 187 g/mol. The molecule has 2 unspecified atom stereocenters. The molecule has 0 spiro atoms. The Kier molecular flexibility index (Phi) is 3.27. The van der Waals surface area contributed by atoms with E-state index in [1.54, 1.807) is 0 Å². The molecular weight excluding hydrogens is 170 g/mol. The number of nitrogens with one attached hydrogen (secondary N) is 1. The maximum atomic E-state index is 10.5. The van der Waals surface area contributed by atoms with Crippen molar-refractivity contribution in [3.8, 4) is 0 Å². The van der Waals surface area contributed by atoms with Crippen molar-refractivity contribution < 1.29 is 14.6 Å². The lowest BCUT2D eigenvalue weighted by Crippen LogP contribution is -2.56. The molecule has 0 bridgehead atoms. The first-order chi connectivity index (χ1) is 6.04. The maximum Gasteiger partial charge on any atom is 0.303 e. The Bertz CT molecular complexity index is 187. The van der Waals surface area contributed by atoms with Crippen molar-refractivity contribution in [3.63, 3.8) is 0 Å². The summed E-state index contributed by atoms with van der Waals surface area (Å²) in [4.78, 5) is 10.5. The van der Waals surface area contributed by atoms with E-state index in [4.69, 9.17) is 9.84 Å². The third kappa shape index (κ3) is 2.67. The predicted molar refractivity (Wildman–Crippen MR) is 48.6 cm³/mol. The first-order valence-electron chi connectivity index (χ1n) is 4.59. The van der Waals surface area contributed by atoms with Gasteiger partial charge in [-0.05, 0) is 12.8 Å². The Hall–Kier alpha value is -0.610. The number of carboxylic acids is 1. The van der Waals surface area contributed by atoms with Gasteiger partial charge in [-0.15, -0.1) is 0 Å². The fraction of sp³-hybridized carbons (Fsp3) is 0.889. The molecule has 0 aromatic rings. The third-order valence-corrected chi connectivity index (χ3v) is 2.75. The van der Waals surface area contributed by atoms with Gasteiger partial charge in [0.05, 0.1) is 13.2 Å². The number of aliphatic carboxylic acids is 1. The molecule has 0 aliphatic carbocycles. The molecule has 0 radical (unpaired) electrons. The van der Waals surface area contributed by atoms with Crippen molar-refractivity contribution in [2.45, 2.75) is 25.8 Å². The summed E-state index contributed by atoms with van der Waals surface area (Å²) in [5.74, 6) is -0.661. The van der Waals surface area contributed by atoms with Crippen molar-refractivity contribution in [2.75, 3.05) is 19.8 Å². The summed E-state index contributed by atoms with van der Waals surface area (Å²) in [5.41, 5.74) is -0.184. The lowest BCUT2D eigenvalue weighted by molar-refractivity contribution is -0.139. The van der Waals surface area contributed by atoms with Crippen LogP contribution in [0.1, 0.15) is 20.3 Å². The highest BCUT2D eigenvalue weighted by Gasteiger charge is 2.34. The Morgan fingerprint density at radius 2 is 2.46 bits per heavy atom. The summed E-state index contributed by atoms with van der Waals surface area (Å²) in [5, 5.41) is 12.0. The second kappa shape index (κ2) is 4.07. The largest absolute Gasteiger partial charge is 0.481 e. The Morgan fingerprint density at radius 1 is 1.77 bits per heavy atom. The summed E-state index contributed by atoms with van der Waals surface area (Å²) in [7, 11) is 0. The van der Waals surface area contributed by atoms with E-state index in [9.17, 15) is 4.79 Å². The van der Waals surface area contributed by atoms with Gasteiger partial charge >= 0.3 is 5.97 Å². The van der Waals surface area contributed by atoms with Gasteiger partial charge in [-0.1, -0.05) is 6.92 Å². The van der Waals surface area contributed by atoms with E-state index in [0.717, 1.165) is 13.2 Å². The van der Waals surface area contributed by atoms with Crippen LogP contribution < -0.4 is 5.32 Å².